The first-order chi connectivity index (χ1) is 6.22. The fraction of sp³-hybridized carbons (Fsp3) is 0.182. The summed E-state index contributed by atoms with van der Waals surface area (Å²) in [6.45, 7) is 2.03. The van der Waals surface area contributed by atoms with Gasteiger partial charge in [-0.3, -0.25) is 0 Å². The van der Waals surface area contributed by atoms with E-state index in [0.29, 0.717) is 0 Å². The van der Waals surface area contributed by atoms with Crippen LogP contribution in [0.3, 0.4) is 0 Å². The van der Waals surface area contributed by atoms with Gasteiger partial charge in [0.2, 0.25) is 0 Å². The van der Waals surface area contributed by atoms with Crippen molar-refractivity contribution in [2.24, 2.45) is 7.05 Å². The van der Waals surface area contributed by atoms with Crippen LogP contribution in [0.4, 0.5) is 0 Å². The lowest BCUT2D eigenvalue weighted by Gasteiger charge is -1.99. The van der Waals surface area contributed by atoms with Gasteiger partial charge in [0.1, 0.15) is 0 Å². The molecule has 1 aromatic heterocycles. The average Bonchev–Trinajstić information content (AvgIpc) is 2.48. The molecule has 0 saturated heterocycles. The minimum atomic E-state index is 0.729. The minimum absolute atomic E-state index is 0.729. The molecule has 2 aromatic rings. The van der Waals surface area contributed by atoms with E-state index < -0.39 is 0 Å². The van der Waals surface area contributed by atoms with Crippen LogP contribution in [0.5, 0.6) is 0 Å². The number of rotatable bonds is 0. The average molecular weight is 170 g/mol. The van der Waals surface area contributed by atoms with E-state index in [9.17, 15) is 0 Å². The summed E-state index contributed by atoms with van der Waals surface area (Å²) >= 11 is 0. The van der Waals surface area contributed by atoms with Crippen LogP contribution in [0, 0.1) is 18.3 Å². The highest BCUT2D eigenvalue weighted by molar-refractivity contribution is 5.84. The Morgan fingerprint density at radius 1 is 1.38 bits per heavy atom. The van der Waals surface area contributed by atoms with E-state index in [-0.39, 0.29) is 0 Å². The van der Waals surface area contributed by atoms with Crippen molar-refractivity contribution < 1.29 is 0 Å². The first-order valence-electron chi connectivity index (χ1n) is 4.18. The second-order valence-electron chi connectivity index (χ2n) is 3.26. The van der Waals surface area contributed by atoms with Crippen LogP contribution in [-0.4, -0.2) is 4.57 Å². The highest BCUT2D eigenvalue weighted by Gasteiger charge is 2.02. The molecule has 2 rings (SSSR count). The predicted octanol–water partition coefficient (Wildman–Crippen LogP) is 2.36. The van der Waals surface area contributed by atoms with Crippen molar-refractivity contribution in [3.05, 3.63) is 35.5 Å². The van der Waals surface area contributed by atoms with E-state index in [2.05, 4.69) is 12.1 Å². The normalized spacial score (nSPS) is 10.2. The van der Waals surface area contributed by atoms with E-state index in [1.807, 2.05) is 36.9 Å². The van der Waals surface area contributed by atoms with Gasteiger partial charge in [-0.25, -0.2) is 0 Å². The lowest BCUT2D eigenvalue weighted by molar-refractivity contribution is 0.969. The molecule has 0 aliphatic rings. The van der Waals surface area contributed by atoms with Crippen LogP contribution in [0.2, 0.25) is 0 Å². The zero-order valence-corrected chi connectivity index (χ0v) is 7.70. The fourth-order valence-electron chi connectivity index (χ4n) is 1.62. The van der Waals surface area contributed by atoms with Crippen molar-refractivity contribution >= 4 is 10.9 Å². The van der Waals surface area contributed by atoms with Gasteiger partial charge in [0.25, 0.3) is 0 Å². The summed E-state index contributed by atoms with van der Waals surface area (Å²) in [6, 6.07) is 8.08. The molecule has 0 fully saturated rings. The van der Waals surface area contributed by atoms with Gasteiger partial charge in [0, 0.05) is 24.1 Å². The van der Waals surface area contributed by atoms with E-state index in [4.69, 9.17) is 5.26 Å². The summed E-state index contributed by atoms with van der Waals surface area (Å²) in [7, 11) is 1.99. The van der Waals surface area contributed by atoms with Crippen molar-refractivity contribution in [2.45, 2.75) is 6.92 Å². The lowest BCUT2D eigenvalue weighted by Crippen LogP contribution is -1.86. The SMILES string of the molecule is Cc1cc(C#N)cc2c1ccn2C. The zero-order chi connectivity index (χ0) is 9.42. The number of nitriles is 1. The molecular formula is C11H10N2. The summed E-state index contributed by atoms with van der Waals surface area (Å²) in [6.07, 6.45) is 2.01. The first kappa shape index (κ1) is 7.88. The quantitative estimate of drug-likeness (QED) is 0.596. The summed E-state index contributed by atoms with van der Waals surface area (Å²) in [4.78, 5) is 0. The molecule has 0 amide bonds. The Morgan fingerprint density at radius 3 is 2.85 bits per heavy atom. The highest BCUT2D eigenvalue weighted by Crippen LogP contribution is 2.20. The Kier molecular flexibility index (Phi) is 1.60. The maximum absolute atomic E-state index is 8.79. The number of nitrogens with zero attached hydrogens (tertiary/aromatic N) is 2. The van der Waals surface area contributed by atoms with Crippen molar-refractivity contribution in [1.29, 1.82) is 5.26 Å². The van der Waals surface area contributed by atoms with Gasteiger partial charge in [-0.1, -0.05) is 0 Å². The van der Waals surface area contributed by atoms with Crippen LogP contribution in [0.25, 0.3) is 10.9 Å². The number of aromatic nitrogens is 1. The standard InChI is InChI=1S/C11H10N2/c1-8-5-9(7-12)6-11-10(8)3-4-13(11)2/h3-6H,1-2H3. The predicted molar refractivity (Wildman–Crippen MR) is 52.4 cm³/mol. The van der Waals surface area contributed by atoms with Gasteiger partial charge < -0.3 is 4.57 Å². The summed E-state index contributed by atoms with van der Waals surface area (Å²) < 4.78 is 2.03. The van der Waals surface area contributed by atoms with Crippen LogP contribution in [0.15, 0.2) is 24.4 Å². The van der Waals surface area contributed by atoms with Crippen LogP contribution in [0.1, 0.15) is 11.1 Å². The Hall–Kier alpha value is -1.75. The summed E-state index contributed by atoms with van der Waals surface area (Å²) in [5, 5.41) is 10.0. The largest absolute Gasteiger partial charge is 0.351 e. The Morgan fingerprint density at radius 2 is 2.15 bits per heavy atom. The van der Waals surface area contributed by atoms with Gasteiger partial charge >= 0.3 is 0 Å². The van der Waals surface area contributed by atoms with Crippen LogP contribution < -0.4 is 0 Å². The lowest BCUT2D eigenvalue weighted by atomic mass is 10.1. The number of benzene rings is 1. The molecule has 0 atom stereocenters. The van der Waals surface area contributed by atoms with Gasteiger partial charge in [0.05, 0.1) is 11.6 Å². The molecular weight excluding hydrogens is 160 g/mol. The Labute approximate surface area is 77.0 Å². The highest BCUT2D eigenvalue weighted by atomic mass is 14.9. The third kappa shape index (κ3) is 1.09. The molecule has 0 N–H and O–H groups in total. The molecule has 0 saturated carbocycles. The first-order valence-corrected chi connectivity index (χ1v) is 4.18. The number of aryl methyl sites for hydroxylation is 2. The van der Waals surface area contributed by atoms with Gasteiger partial charge in [-0.2, -0.15) is 5.26 Å². The second kappa shape index (κ2) is 2.63. The van der Waals surface area contributed by atoms with E-state index in [1.165, 1.54) is 5.39 Å². The molecule has 64 valence electrons. The zero-order valence-electron chi connectivity index (χ0n) is 7.70. The maximum atomic E-state index is 8.79. The van der Waals surface area contributed by atoms with Gasteiger partial charge in [-0.05, 0) is 30.7 Å². The van der Waals surface area contributed by atoms with Crippen molar-refractivity contribution in [3.63, 3.8) is 0 Å². The molecule has 0 radical (unpaired) electrons. The molecule has 0 unspecified atom stereocenters. The molecule has 13 heavy (non-hydrogen) atoms. The molecule has 0 bridgehead atoms. The third-order valence-electron chi connectivity index (χ3n) is 2.34. The van der Waals surface area contributed by atoms with Crippen molar-refractivity contribution in [1.82, 2.24) is 4.57 Å². The van der Waals surface area contributed by atoms with Crippen molar-refractivity contribution in [2.75, 3.05) is 0 Å². The molecule has 1 heterocycles. The fourth-order valence-corrected chi connectivity index (χ4v) is 1.62. The number of fused-ring (bicyclic) bond motifs is 1. The molecule has 0 aliphatic carbocycles. The van der Waals surface area contributed by atoms with Crippen LogP contribution in [-0.2, 0) is 7.05 Å². The van der Waals surface area contributed by atoms with Crippen molar-refractivity contribution in [3.8, 4) is 6.07 Å². The number of hydrogen-bond donors (Lipinski definition) is 0. The van der Waals surface area contributed by atoms with Gasteiger partial charge in [-0.15, -0.1) is 0 Å². The minimum Gasteiger partial charge on any atom is -0.351 e. The van der Waals surface area contributed by atoms with Crippen LogP contribution >= 0.6 is 0 Å². The molecule has 2 nitrogen and oxygen atoms in total. The topological polar surface area (TPSA) is 28.7 Å². The second-order valence-corrected chi connectivity index (χ2v) is 3.26. The van der Waals surface area contributed by atoms with E-state index in [0.717, 1.165) is 16.6 Å². The van der Waals surface area contributed by atoms with Gasteiger partial charge in [0.15, 0.2) is 0 Å². The smallest absolute Gasteiger partial charge is 0.0992 e. The Bertz CT molecular complexity index is 501. The molecule has 1 aromatic carbocycles. The molecule has 2 heteroatoms. The van der Waals surface area contributed by atoms with E-state index in [1.54, 1.807) is 0 Å². The monoisotopic (exact) mass is 170 g/mol. The molecule has 0 aliphatic heterocycles. The summed E-state index contributed by atoms with van der Waals surface area (Å²) in [5.41, 5.74) is 3.01. The molecule has 0 spiro atoms. The summed E-state index contributed by atoms with van der Waals surface area (Å²) in [5.74, 6) is 0. The number of hydrogen-bond acceptors (Lipinski definition) is 1. The third-order valence-corrected chi connectivity index (χ3v) is 2.34. The Balaban J connectivity index is 2.90. The van der Waals surface area contributed by atoms with E-state index >= 15 is 0 Å². The maximum Gasteiger partial charge on any atom is 0.0992 e.